The summed E-state index contributed by atoms with van der Waals surface area (Å²) in [5.74, 6) is 0.815. The summed E-state index contributed by atoms with van der Waals surface area (Å²) in [6.07, 6.45) is 3.14. The first-order valence-electron chi connectivity index (χ1n) is 8.06. The highest BCUT2D eigenvalue weighted by atomic mass is 16.5. The Morgan fingerprint density at radius 2 is 1.96 bits per heavy atom. The maximum absolute atomic E-state index is 12.3. The van der Waals surface area contributed by atoms with Gasteiger partial charge < -0.3 is 18.9 Å². The lowest BCUT2D eigenvalue weighted by Gasteiger charge is -2.01. The van der Waals surface area contributed by atoms with Gasteiger partial charge in [-0.3, -0.25) is 0 Å². The molecule has 4 aromatic rings. The second-order valence-electron chi connectivity index (χ2n) is 5.70. The summed E-state index contributed by atoms with van der Waals surface area (Å²) in [7, 11) is 1.61. The normalized spacial score (nSPS) is 10.8. The molecule has 0 atom stereocenters. The van der Waals surface area contributed by atoms with E-state index in [9.17, 15) is 4.79 Å². The average Bonchev–Trinajstić information content (AvgIpc) is 3.33. The molecule has 1 N–H and O–H groups in total. The van der Waals surface area contributed by atoms with E-state index in [1.165, 1.54) is 6.26 Å². The second kappa shape index (κ2) is 6.76. The van der Waals surface area contributed by atoms with Crippen molar-refractivity contribution >= 4 is 16.9 Å². The summed E-state index contributed by atoms with van der Waals surface area (Å²) < 4.78 is 16.0. The Hall–Kier alpha value is -3.54. The number of aromatic nitrogens is 2. The van der Waals surface area contributed by atoms with Gasteiger partial charge in [-0.25, -0.2) is 9.78 Å². The summed E-state index contributed by atoms with van der Waals surface area (Å²) in [5, 5.41) is 0.830. The van der Waals surface area contributed by atoms with Crippen LogP contribution in [0, 0.1) is 0 Å². The van der Waals surface area contributed by atoms with Gasteiger partial charge >= 0.3 is 5.97 Å². The second-order valence-corrected chi connectivity index (χ2v) is 5.70. The van der Waals surface area contributed by atoms with E-state index in [1.807, 2.05) is 48.5 Å². The lowest BCUT2D eigenvalue weighted by Crippen LogP contribution is -2.04. The van der Waals surface area contributed by atoms with Crippen molar-refractivity contribution in [3.8, 4) is 17.2 Å². The van der Waals surface area contributed by atoms with Gasteiger partial charge in [-0.2, -0.15) is 0 Å². The maximum atomic E-state index is 12.3. The number of fused-ring (bicyclic) bond motifs is 1. The van der Waals surface area contributed by atoms with E-state index in [1.54, 1.807) is 13.3 Å². The van der Waals surface area contributed by atoms with Crippen molar-refractivity contribution in [3.05, 3.63) is 72.2 Å². The number of carbonyl (C=O) groups is 1. The van der Waals surface area contributed by atoms with Crippen molar-refractivity contribution in [2.24, 2.45) is 0 Å². The minimum absolute atomic E-state index is 0.0397. The number of methoxy groups -OCH3 is 1. The van der Waals surface area contributed by atoms with Crippen molar-refractivity contribution in [1.29, 1.82) is 0 Å². The third-order valence-electron chi connectivity index (χ3n) is 4.05. The summed E-state index contributed by atoms with van der Waals surface area (Å²) >= 11 is 0. The maximum Gasteiger partial charge on any atom is 0.340 e. The van der Waals surface area contributed by atoms with E-state index in [0.717, 1.165) is 22.2 Å². The molecule has 0 spiro atoms. The van der Waals surface area contributed by atoms with Crippen LogP contribution >= 0.6 is 0 Å². The Morgan fingerprint density at radius 3 is 2.77 bits per heavy atom. The van der Waals surface area contributed by atoms with Crippen LogP contribution in [-0.2, 0) is 11.3 Å². The van der Waals surface area contributed by atoms with Crippen LogP contribution in [0.4, 0.5) is 0 Å². The average molecular weight is 348 g/mol. The molecule has 0 saturated carbocycles. The van der Waals surface area contributed by atoms with Crippen LogP contribution in [0.3, 0.4) is 0 Å². The van der Waals surface area contributed by atoms with Crippen molar-refractivity contribution in [2.45, 2.75) is 6.61 Å². The third kappa shape index (κ3) is 3.04. The van der Waals surface area contributed by atoms with Gasteiger partial charge in [-0.1, -0.05) is 18.2 Å². The Kier molecular flexibility index (Phi) is 4.15. The lowest BCUT2D eigenvalue weighted by atomic mass is 10.2. The third-order valence-corrected chi connectivity index (χ3v) is 4.05. The zero-order valence-corrected chi connectivity index (χ0v) is 14.1. The molecule has 0 aliphatic rings. The molecule has 0 unspecified atom stereocenters. The molecule has 0 radical (unpaired) electrons. The van der Waals surface area contributed by atoms with Crippen LogP contribution < -0.4 is 4.74 Å². The first kappa shape index (κ1) is 16.0. The van der Waals surface area contributed by atoms with Gasteiger partial charge in [0.25, 0.3) is 0 Å². The molecule has 6 heteroatoms. The largest absolute Gasteiger partial charge is 0.497 e. The molecule has 0 aliphatic heterocycles. The van der Waals surface area contributed by atoms with Gasteiger partial charge in [0.2, 0.25) is 5.89 Å². The number of aromatic amines is 1. The van der Waals surface area contributed by atoms with Crippen molar-refractivity contribution < 1.29 is 18.7 Å². The topological polar surface area (TPSA) is 77.4 Å². The summed E-state index contributed by atoms with van der Waals surface area (Å²) in [6.45, 7) is 0.0397. The molecule has 2 heterocycles. The number of esters is 1. The minimum Gasteiger partial charge on any atom is -0.497 e. The molecule has 2 aromatic heterocycles. The molecule has 0 bridgehead atoms. The lowest BCUT2D eigenvalue weighted by molar-refractivity contribution is 0.0470. The predicted molar refractivity (Wildman–Crippen MR) is 95.9 cm³/mol. The molecule has 0 fully saturated rings. The van der Waals surface area contributed by atoms with Gasteiger partial charge in [-0.05, 0) is 30.3 Å². The molecule has 0 aliphatic carbocycles. The van der Waals surface area contributed by atoms with E-state index in [2.05, 4.69) is 9.97 Å². The van der Waals surface area contributed by atoms with E-state index in [-0.39, 0.29) is 6.61 Å². The fourth-order valence-corrected chi connectivity index (χ4v) is 2.70. The van der Waals surface area contributed by atoms with Crippen LogP contribution in [0.1, 0.15) is 16.1 Å². The molecule has 6 nitrogen and oxygen atoms in total. The fourth-order valence-electron chi connectivity index (χ4n) is 2.70. The molecule has 130 valence electrons. The fraction of sp³-hybridized carbons (Fsp3) is 0.100. The van der Waals surface area contributed by atoms with Gasteiger partial charge in [0, 0.05) is 22.7 Å². The molecular weight excluding hydrogens is 332 g/mol. The number of hydrogen-bond donors (Lipinski definition) is 1. The van der Waals surface area contributed by atoms with E-state index in [0.29, 0.717) is 17.1 Å². The van der Waals surface area contributed by atoms with Crippen LogP contribution in [0.5, 0.6) is 5.75 Å². The van der Waals surface area contributed by atoms with Crippen LogP contribution in [0.25, 0.3) is 22.4 Å². The summed E-state index contributed by atoms with van der Waals surface area (Å²) in [6, 6.07) is 14.9. The highest BCUT2D eigenvalue weighted by molar-refractivity contribution is 6.03. The minimum atomic E-state index is -0.406. The van der Waals surface area contributed by atoms with E-state index in [4.69, 9.17) is 13.9 Å². The number of rotatable bonds is 5. The van der Waals surface area contributed by atoms with Gasteiger partial charge in [-0.15, -0.1) is 0 Å². The van der Waals surface area contributed by atoms with E-state index < -0.39 is 5.97 Å². The first-order valence-corrected chi connectivity index (χ1v) is 8.06. The van der Waals surface area contributed by atoms with Gasteiger partial charge in [0.15, 0.2) is 0 Å². The number of benzene rings is 2. The number of nitrogens with zero attached hydrogens (tertiary/aromatic N) is 1. The van der Waals surface area contributed by atoms with Gasteiger partial charge in [0.05, 0.1) is 12.7 Å². The molecule has 4 rings (SSSR count). The zero-order chi connectivity index (χ0) is 17.9. The number of hydrogen-bond acceptors (Lipinski definition) is 5. The number of ether oxygens (including phenoxy) is 2. The Labute approximate surface area is 149 Å². The van der Waals surface area contributed by atoms with Crippen LogP contribution in [0.2, 0.25) is 0 Å². The SMILES string of the molecule is COc1ccc(-c2nc(COC(=O)c3c[nH]c4ccccc34)co2)cc1. The number of nitrogens with one attached hydrogen (secondary N) is 1. The number of para-hydroxylation sites is 1. The van der Waals surface area contributed by atoms with Crippen molar-refractivity contribution in [3.63, 3.8) is 0 Å². The highest BCUT2D eigenvalue weighted by Crippen LogP contribution is 2.23. The zero-order valence-electron chi connectivity index (χ0n) is 14.1. The molecule has 0 amide bonds. The molecule has 2 aromatic carbocycles. The smallest absolute Gasteiger partial charge is 0.340 e. The van der Waals surface area contributed by atoms with Crippen molar-refractivity contribution in [1.82, 2.24) is 9.97 Å². The van der Waals surface area contributed by atoms with Crippen LogP contribution in [0.15, 0.2) is 65.4 Å². The standard InChI is InChI=1S/C20H16N2O4/c1-24-15-8-6-13(7-9-15)19-22-14(11-25-19)12-26-20(23)17-10-21-18-5-3-2-4-16(17)18/h2-11,21H,12H2,1H3. The predicted octanol–water partition coefficient (Wildman–Crippen LogP) is 4.19. The van der Waals surface area contributed by atoms with Crippen LogP contribution in [-0.4, -0.2) is 23.0 Å². The number of H-pyrrole nitrogens is 1. The monoisotopic (exact) mass is 348 g/mol. The molecule has 26 heavy (non-hydrogen) atoms. The number of carbonyl (C=O) groups excluding carboxylic acids is 1. The molecule has 0 saturated heterocycles. The quantitative estimate of drug-likeness (QED) is 0.547. The van der Waals surface area contributed by atoms with Gasteiger partial charge in [0.1, 0.15) is 24.3 Å². The number of oxazole rings is 1. The van der Waals surface area contributed by atoms with Crippen molar-refractivity contribution in [2.75, 3.05) is 7.11 Å². The highest BCUT2D eigenvalue weighted by Gasteiger charge is 2.14. The first-order chi connectivity index (χ1) is 12.7. The summed E-state index contributed by atoms with van der Waals surface area (Å²) in [5.41, 5.74) is 2.76. The Balaban J connectivity index is 1.45. The Morgan fingerprint density at radius 1 is 1.15 bits per heavy atom. The van der Waals surface area contributed by atoms with E-state index >= 15 is 0 Å². The molecular formula is C20H16N2O4. The summed E-state index contributed by atoms with van der Waals surface area (Å²) in [4.78, 5) is 19.7. The Bertz CT molecular complexity index is 1050.